The van der Waals surface area contributed by atoms with Crippen LogP contribution >= 0.6 is 11.6 Å². The quantitative estimate of drug-likeness (QED) is 0.594. The van der Waals surface area contributed by atoms with E-state index in [1.54, 1.807) is 29.2 Å². The van der Waals surface area contributed by atoms with Crippen molar-refractivity contribution in [2.45, 2.75) is 51.9 Å². The van der Waals surface area contributed by atoms with E-state index in [1.807, 2.05) is 6.92 Å². The molecular weight excluding hydrogens is 463 g/mol. The van der Waals surface area contributed by atoms with Gasteiger partial charge in [0.25, 0.3) is 5.91 Å². The number of nitrogens with zero attached hydrogens (tertiary/aromatic N) is 2. The normalized spacial score (nSPS) is 19.1. The fraction of sp³-hybridized carbons (Fsp3) is 0.440. The maximum Gasteiger partial charge on any atom is 0.347 e. The number of benzene rings is 2. The summed E-state index contributed by atoms with van der Waals surface area (Å²) in [4.78, 5) is 28.5. The van der Waals surface area contributed by atoms with Gasteiger partial charge in [-0.2, -0.15) is 0 Å². The third kappa shape index (κ3) is 6.39. The molecule has 1 aliphatic heterocycles. The molecule has 2 atom stereocenters. The van der Waals surface area contributed by atoms with Crippen LogP contribution in [0.4, 0.5) is 4.39 Å². The van der Waals surface area contributed by atoms with Crippen LogP contribution in [-0.4, -0.2) is 64.2 Å². The number of carboxylic acid groups (broad SMARTS) is 1. The fourth-order valence-corrected chi connectivity index (χ4v) is 3.97. The molecule has 34 heavy (non-hydrogen) atoms. The summed E-state index contributed by atoms with van der Waals surface area (Å²) in [6.45, 7) is 8.52. The molecule has 9 heteroatoms. The second kappa shape index (κ2) is 10.6. The van der Waals surface area contributed by atoms with Crippen molar-refractivity contribution in [1.29, 1.82) is 0 Å². The van der Waals surface area contributed by atoms with Crippen LogP contribution in [0.5, 0.6) is 11.5 Å². The molecule has 0 saturated carbocycles. The molecule has 2 aromatic rings. The monoisotopic (exact) mass is 492 g/mol. The third-order valence-electron chi connectivity index (χ3n) is 5.87. The van der Waals surface area contributed by atoms with E-state index in [2.05, 4.69) is 11.8 Å². The molecule has 1 N–H and O–H groups in total. The Morgan fingerprint density at radius 1 is 1.09 bits per heavy atom. The van der Waals surface area contributed by atoms with Crippen molar-refractivity contribution in [3.8, 4) is 11.5 Å². The van der Waals surface area contributed by atoms with Crippen LogP contribution in [0.1, 0.15) is 33.3 Å². The summed E-state index contributed by atoms with van der Waals surface area (Å²) in [7, 11) is 0. The van der Waals surface area contributed by atoms with E-state index in [1.165, 1.54) is 32.0 Å². The molecule has 2 aromatic carbocycles. The fourth-order valence-electron chi connectivity index (χ4n) is 3.81. The van der Waals surface area contributed by atoms with Gasteiger partial charge in [-0.25, -0.2) is 9.18 Å². The lowest BCUT2D eigenvalue weighted by molar-refractivity contribution is -0.152. The Labute approximate surface area is 204 Å². The van der Waals surface area contributed by atoms with Gasteiger partial charge in [-0.15, -0.1) is 0 Å². The summed E-state index contributed by atoms with van der Waals surface area (Å²) >= 11 is 6.04. The molecule has 1 fully saturated rings. The smallest absolute Gasteiger partial charge is 0.347 e. The highest BCUT2D eigenvalue weighted by atomic mass is 35.5. The standard InChI is InChI=1S/C25H30ClFN2O5/c1-16-13-29(17(2)12-28(16)14-18-5-8-20(27)9-6-18)23(30)15-33-21-10-7-19(26)11-22(21)34-25(3,4)24(31)32/h5-11,16-17H,12-15H2,1-4H3,(H,31,32). The van der Waals surface area contributed by atoms with Crippen molar-refractivity contribution in [2.75, 3.05) is 19.7 Å². The molecule has 0 aromatic heterocycles. The van der Waals surface area contributed by atoms with Crippen molar-refractivity contribution in [3.63, 3.8) is 0 Å². The molecule has 0 aliphatic carbocycles. The van der Waals surface area contributed by atoms with Gasteiger partial charge in [0.05, 0.1) is 0 Å². The SMILES string of the molecule is CC1CN(C(=O)COc2ccc(Cl)cc2OC(C)(C)C(=O)O)C(C)CN1Cc1ccc(F)cc1. The van der Waals surface area contributed by atoms with Crippen LogP contribution in [0, 0.1) is 5.82 Å². The minimum absolute atomic E-state index is 0.0420. The van der Waals surface area contributed by atoms with Crippen LogP contribution in [0.25, 0.3) is 0 Å². The van der Waals surface area contributed by atoms with Crippen LogP contribution in [-0.2, 0) is 16.1 Å². The van der Waals surface area contributed by atoms with Gasteiger partial charge in [-0.05, 0) is 57.5 Å². The zero-order valence-corrected chi connectivity index (χ0v) is 20.5. The van der Waals surface area contributed by atoms with Crippen LogP contribution in [0.2, 0.25) is 5.02 Å². The van der Waals surface area contributed by atoms with E-state index in [0.29, 0.717) is 24.7 Å². The number of hydrogen-bond donors (Lipinski definition) is 1. The first-order chi connectivity index (χ1) is 16.0. The highest BCUT2D eigenvalue weighted by Gasteiger charge is 2.33. The number of carboxylic acids is 1. The molecule has 1 heterocycles. The van der Waals surface area contributed by atoms with Gasteiger partial charge >= 0.3 is 5.97 Å². The Hall–Kier alpha value is -2.84. The number of carbonyl (C=O) groups is 2. The third-order valence-corrected chi connectivity index (χ3v) is 6.11. The van der Waals surface area contributed by atoms with E-state index >= 15 is 0 Å². The maximum atomic E-state index is 13.2. The Morgan fingerprint density at radius 2 is 1.76 bits per heavy atom. The molecule has 1 amide bonds. The van der Waals surface area contributed by atoms with Crippen molar-refractivity contribution < 1.29 is 28.6 Å². The molecule has 184 valence electrons. The number of ether oxygens (including phenoxy) is 2. The number of amides is 1. The molecule has 0 spiro atoms. The molecule has 2 unspecified atom stereocenters. The highest BCUT2D eigenvalue weighted by molar-refractivity contribution is 6.30. The molecule has 1 saturated heterocycles. The van der Waals surface area contributed by atoms with E-state index in [-0.39, 0.29) is 41.9 Å². The van der Waals surface area contributed by atoms with Crippen LogP contribution in [0.15, 0.2) is 42.5 Å². The summed E-state index contributed by atoms with van der Waals surface area (Å²) in [5, 5.41) is 9.71. The van der Waals surface area contributed by atoms with Gasteiger partial charge < -0.3 is 19.5 Å². The minimum Gasteiger partial charge on any atom is -0.480 e. The summed E-state index contributed by atoms with van der Waals surface area (Å²) in [6.07, 6.45) is 0. The van der Waals surface area contributed by atoms with Crippen molar-refractivity contribution in [1.82, 2.24) is 9.80 Å². The Balaban J connectivity index is 1.62. The largest absolute Gasteiger partial charge is 0.480 e. The lowest BCUT2D eigenvalue weighted by atomic mass is 10.1. The highest BCUT2D eigenvalue weighted by Crippen LogP contribution is 2.33. The summed E-state index contributed by atoms with van der Waals surface area (Å²) in [5.41, 5.74) is -0.486. The van der Waals surface area contributed by atoms with Crippen LogP contribution in [0.3, 0.4) is 0 Å². The number of hydrogen-bond acceptors (Lipinski definition) is 5. The average molecular weight is 493 g/mol. The van der Waals surface area contributed by atoms with E-state index in [0.717, 1.165) is 5.56 Å². The number of rotatable bonds is 8. The lowest BCUT2D eigenvalue weighted by Crippen LogP contribution is -2.58. The lowest BCUT2D eigenvalue weighted by Gasteiger charge is -2.44. The van der Waals surface area contributed by atoms with Crippen molar-refractivity contribution >= 4 is 23.5 Å². The minimum atomic E-state index is -1.50. The van der Waals surface area contributed by atoms with Crippen LogP contribution < -0.4 is 9.47 Å². The van der Waals surface area contributed by atoms with Crippen molar-refractivity contribution in [3.05, 3.63) is 58.9 Å². The molecular formula is C25H30ClFN2O5. The molecule has 7 nitrogen and oxygen atoms in total. The summed E-state index contributed by atoms with van der Waals surface area (Å²) < 4.78 is 24.5. The Kier molecular flexibility index (Phi) is 8.05. The van der Waals surface area contributed by atoms with Crippen molar-refractivity contribution in [2.24, 2.45) is 0 Å². The molecule has 3 rings (SSSR count). The van der Waals surface area contributed by atoms with E-state index in [9.17, 15) is 19.1 Å². The number of aliphatic carboxylic acids is 1. The number of piperazine rings is 1. The van der Waals surface area contributed by atoms with E-state index in [4.69, 9.17) is 21.1 Å². The Bertz CT molecular complexity index is 1030. The second-order valence-corrected chi connectivity index (χ2v) is 9.53. The van der Waals surface area contributed by atoms with Gasteiger partial charge in [-0.3, -0.25) is 9.69 Å². The predicted octanol–water partition coefficient (Wildman–Crippen LogP) is 4.22. The maximum absolute atomic E-state index is 13.2. The van der Waals surface area contributed by atoms with Gasteiger partial charge in [-0.1, -0.05) is 23.7 Å². The zero-order valence-electron chi connectivity index (χ0n) is 19.8. The van der Waals surface area contributed by atoms with E-state index < -0.39 is 11.6 Å². The molecule has 0 bridgehead atoms. The molecule has 0 radical (unpaired) electrons. The summed E-state index contributed by atoms with van der Waals surface area (Å²) in [6, 6.07) is 11.1. The second-order valence-electron chi connectivity index (χ2n) is 9.10. The summed E-state index contributed by atoms with van der Waals surface area (Å²) in [5.74, 6) is -1.20. The first-order valence-corrected chi connectivity index (χ1v) is 11.5. The zero-order chi connectivity index (χ0) is 25.0. The predicted molar refractivity (Wildman–Crippen MR) is 127 cm³/mol. The van der Waals surface area contributed by atoms with Gasteiger partial charge in [0, 0.05) is 42.8 Å². The van der Waals surface area contributed by atoms with Gasteiger partial charge in [0.1, 0.15) is 5.82 Å². The average Bonchev–Trinajstić information content (AvgIpc) is 2.76. The Morgan fingerprint density at radius 3 is 2.41 bits per heavy atom. The number of halogens is 2. The van der Waals surface area contributed by atoms with Gasteiger partial charge in [0.15, 0.2) is 23.7 Å². The molecule has 1 aliphatic rings. The first kappa shape index (κ1) is 25.8. The topological polar surface area (TPSA) is 79.3 Å². The number of carbonyl (C=O) groups excluding carboxylic acids is 1. The first-order valence-electron chi connectivity index (χ1n) is 11.1. The van der Waals surface area contributed by atoms with Gasteiger partial charge in [0.2, 0.25) is 0 Å².